The number of hydrogen-bond donors (Lipinski definition) is 1. The van der Waals surface area contributed by atoms with E-state index in [4.69, 9.17) is 0 Å². The van der Waals surface area contributed by atoms with Crippen LogP contribution in [0.15, 0.2) is 54.9 Å². The second-order valence-electron chi connectivity index (χ2n) is 4.10. The van der Waals surface area contributed by atoms with Crippen LogP contribution < -0.4 is 0 Å². The van der Waals surface area contributed by atoms with Gasteiger partial charge in [-0.15, -0.1) is 0 Å². The minimum absolute atomic E-state index is 0.653. The van der Waals surface area contributed by atoms with E-state index in [1.807, 2.05) is 30.3 Å². The van der Waals surface area contributed by atoms with Gasteiger partial charge in [0, 0.05) is 17.3 Å². The highest BCUT2D eigenvalue weighted by atomic mass is 16.1. The van der Waals surface area contributed by atoms with Crippen LogP contribution in [0.5, 0.6) is 0 Å². The summed E-state index contributed by atoms with van der Waals surface area (Å²) in [6.45, 7) is 0. The predicted molar refractivity (Wildman–Crippen MR) is 72.6 cm³/mol. The Labute approximate surface area is 110 Å². The summed E-state index contributed by atoms with van der Waals surface area (Å²) in [6, 6.07) is 13.0. The minimum Gasteiger partial charge on any atom is -0.337 e. The van der Waals surface area contributed by atoms with E-state index in [0.717, 1.165) is 29.1 Å². The standard InChI is InChI=1S/C15H11N3O/c19-10-11-4-6-12(7-5-11)15-17-9-14(18-15)13-3-1-2-8-16-13/h1-10H,(H,17,18). The van der Waals surface area contributed by atoms with Crippen LogP contribution >= 0.6 is 0 Å². The summed E-state index contributed by atoms with van der Waals surface area (Å²) < 4.78 is 0. The average Bonchev–Trinajstić information content (AvgIpc) is 2.98. The van der Waals surface area contributed by atoms with Gasteiger partial charge in [0.1, 0.15) is 12.1 Å². The monoisotopic (exact) mass is 249 g/mol. The molecule has 0 aliphatic carbocycles. The topological polar surface area (TPSA) is 58.6 Å². The van der Waals surface area contributed by atoms with Crippen molar-refractivity contribution in [2.45, 2.75) is 0 Å². The lowest BCUT2D eigenvalue weighted by Gasteiger charge is -1.97. The molecule has 3 rings (SSSR count). The van der Waals surface area contributed by atoms with E-state index in [1.54, 1.807) is 24.5 Å². The molecule has 0 amide bonds. The fourth-order valence-electron chi connectivity index (χ4n) is 1.84. The predicted octanol–water partition coefficient (Wildman–Crippen LogP) is 2.95. The number of nitrogens with zero attached hydrogens (tertiary/aromatic N) is 2. The molecule has 0 fully saturated rings. The number of aromatic amines is 1. The van der Waals surface area contributed by atoms with Crippen molar-refractivity contribution < 1.29 is 4.79 Å². The Morgan fingerprint density at radius 2 is 1.84 bits per heavy atom. The highest BCUT2D eigenvalue weighted by molar-refractivity contribution is 5.76. The number of aromatic nitrogens is 3. The third-order valence-corrected chi connectivity index (χ3v) is 2.84. The van der Waals surface area contributed by atoms with E-state index in [9.17, 15) is 4.79 Å². The Hall–Kier alpha value is -2.75. The molecule has 4 nitrogen and oxygen atoms in total. The summed E-state index contributed by atoms with van der Waals surface area (Å²) >= 11 is 0. The zero-order chi connectivity index (χ0) is 13.1. The van der Waals surface area contributed by atoms with Gasteiger partial charge in [0.05, 0.1) is 17.6 Å². The number of nitrogens with one attached hydrogen (secondary N) is 1. The fourth-order valence-corrected chi connectivity index (χ4v) is 1.84. The summed E-state index contributed by atoms with van der Waals surface area (Å²) in [5, 5.41) is 0. The Kier molecular flexibility index (Phi) is 2.90. The maximum atomic E-state index is 10.6. The Bertz CT molecular complexity index is 687. The van der Waals surface area contributed by atoms with Gasteiger partial charge in [-0.2, -0.15) is 0 Å². The van der Waals surface area contributed by atoms with Crippen molar-refractivity contribution in [1.82, 2.24) is 15.0 Å². The smallest absolute Gasteiger partial charge is 0.150 e. The van der Waals surface area contributed by atoms with E-state index in [-0.39, 0.29) is 0 Å². The van der Waals surface area contributed by atoms with Gasteiger partial charge < -0.3 is 4.98 Å². The molecule has 0 saturated heterocycles. The summed E-state index contributed by atoms with van der Waals surface area (Å²) in [5.41, 5.74) is 3.31. The van der Waals surface area contributed by atoms with Gasteiger partial charge in [0.2, 0.25) is 0 Å². The van der Waals surface area contributed by atoms with Gasteiger partial charge in [-0.25, -0.2) is 4.98 Å². The van der Waals surface area contributed by atoms with Gasteiger partial charge in [-0.05, 0) is 12.1 Å². The first-order valence-electron chi connectivity index (χ1n) is 5.89. The molecule has 2 heterocycles. The van der Waals surface area contributed by atoms with E-state index in [0.29, 0.717) is 5.56 Å². The molecule has 92 valence electrons. The number of carbonyl (C=O) groups is 1. The maximum Gasteiger partial charge on any atom is 0.150 e. The molecule has 0 bridgehead atoms. The normalized spacial score (nSPS) is 10.3. The number of hydrogen-bond acceptors (Lipinski definition) is 3. The second kappa shape index (κ2) is 4.86. The van der Waals surface area contributed by atoms with Crippen LogP contribution in [0.2, 0.25) is 0 Å². The zero-order valence-corrected chi connectivity index (χ0v) is 10.1. The highest BCUT2D eigenvalue weighted by Crippen LogP contribution is 2.20. The third kappa shape index (κ3) is 2.28. The molecule has 0 unspecified atom stereocenters. The van der Waals surface area contributed by atoms with Crippen molar-refractivity contribution in [3.05, 3.63) is 60.4 Å². The van der Waals surface area contributed by atoms with Crippen molar-refractivity contribution in [1.29, 1.82) is 0 Å². The molecule has 1 aromatic carbocycles. The van der Waals surface area contributed by atoms with Crippen LogP contribution in [-0.2, 0) is 0 Å². The van der Waals surface area contributed by atoms with Gasteiger partial charge >= 0.3 is 0 Å². The molecule has 19 heavy (non-hydrogen) atoms. The summed E-state index contributed by atoms with van der Waals surface area (Å²) in [7, 11) is 0. The van der Waals surface area contributed by atoms with Crippen LogP contribution in [0.1, 0.15) is 10.4 Å². The third-order valence-electron chi connectivity index (χ3n) is 2.84. The largest absolute Gasteiger partial charge is 0.337 e. The molecule has 0 radical (unpaired) electrons. The van der Waals surface area contributed by atoms with Crippen molar-refractivity contribution in [2.75, 3.05) is 0 Å². The lowest BCUT2D eigenvalue weighted by atomic mass is 10.1. The number of benzene rings is 1. The molecule has 0 saturated carbocycles. The van der Waals surface area contributed by atoms with Crippen LogP contribution in [0.4, 0.5) is 0 Å². The molecule has 1 N–H and O–H groups in total. The number of H-pyrrole nitrogens is 1. The quantitative estimate of drug-likeness (QED) is 0.726. The van der Waals surface area contributed by atoms with Gasteiger partial charge in [0.25, 0.3) is 0 Å². The number of carbonyl (C=O) groups excluding carboxylic acids is 1. The molecule has 3 aromatic rings. The van der Waals surface area contributed by atoms with E-state index in [1.165, 1.54) is 0 Å². The molecular formula is C15H11N3O. The molecule has 0 aliphatic heterocycles. The second-order valence-corrected chi connectivity index (χ2v) is 4.10. The lowest BCUT2D eigenvalue weighted by Crippen LogP contribution is -1.84. The highest BCUT2D eigenvalue weighted by Gasteiger charge is 2.05. The first kappa shape index (κ1) is 11.3. The summed E-state index contributed by atoms with van der Waals surface area (Å²) in [6.07, 6.45) is 4.32. The van der Waals surface area contributed by atoms with Crippen molar-refractivity contribution in [3.63, 3.8) is 0 Å². The molecule has 0 aliphatic rings. The van der Waals surface area contributed by atoms with Crippen molar-refractivity contribution in [2.24, 2.45) is 0 Å². The molecule has 2 aromatic heterocycles. The molecular weight excluding hydrogens is 238 g/mol. The Balaban J connectivity index is 1.94. The zero-order valence-electron chi connectivity index (χ0n) is 10.1. The van der Waals surface area contributed by atoms with E-state index < -0.39 is 0 Å². The lowest BCUT2D eigenvalue weighted by molar-refractivity contribution is 0.112. The van der Waals surface area contributed by atoms with Crippen LogP contribution in [0, 0.1) is 0 Å². The van der Waals surface area contributed by atoms with Crippen LogP contribution in [-0.4, -0.2) is 21.2 Å². The SMILES string of the molecule is O=Cc1ccc(-c2ncc(-c3ccccn3)[nH]2)cc1. The van der Waals surface area contributed by atoms with Gasteiger partial charge in [-0.3, -0.25) is 9.78 Å². The van der Waals surface area contributed by atoms with Gasteiger partial charge in [-0.1, -0.05) is 30.3 Å². The van der Waals surface area contributed by atoms with Gasteiger partial charge in [0.15, 0.2) is 0 Å². The van der Waals surface area contributed by atoms with E-state index in [2.05, 4.69) is 15.0 Å². The summed E-state index contributed by atoms with van der Waals surface area (Å²) in [5.74, 6) is 0.762. The fraction of sp³-hybridized carbons (Fsp3) is 0. The number of rotatable bonds is 3. The van der Waals surface area contributed by atoms with E-state index >= 15 is 0 Å². The average molecular weight is 249 g/mol. The number of imidazole rings is 1. The van der Waals surface area contributed by atoms with Crippen LogP contribution in [0.25, 0.3) is 22.8 Å². The van der Waals surface area contributed by atoms with Crippen LogP contribution in [0.3, 0.4) is 0 Å². The first-order chi connectivity index (χ1) is 9.36. The molecule has 4 heteroatoms. The molecule has 0 atom stereocenters. The molecule has 0 spiro atoms. The minimum atomic E-state index is 0.653. The number of aldehydes is 1. The number of pyridine rings is 1. The first-order valence-corrected chi connectivity index (χ1v) is 5.89. The Morgan fingerprint density at radius 1 is 1.00 bits per heavy atom. The van der Waals surface area contributed by atoms with Crippen molar-refractivity contribution >= 4 is 6.29 Å². The Morgan fingerprint density at radius 3 is 2.53 bits per heavy atom. The van der Waals surface area contributed by atoms with Crippen molar-refractivity contribution in [3.8, 4) is 22.8 Å². The summed E-state index contributed by atoms with van der Waals surface area (Å²) in [4.78, 5) is 22.4. The maximum absolute atomic E-state index is 10.6.